The number of benzene rings is 2. The first kappa shape index (κ1) is 24.9. The zero-order valence-corrected chi connectivity index (χ0v) is 18.3. The molecule has 11 heteroatoms. The summed E-state index contributed by atoms with van der Waals surface area (Å²) in [6.07, 6.45) is 0. The van der Waals surface area contributed by atoms with Crippen molar-refractivity contribution in [3.8, 4) is 5.75 Å². The Bertz CT molecular complexity index is 884. The molecular formula is C20H30N4O7. The molecule has 3 unspecified atom stereocenters. The zero-order valence-electron chi connectivity index (χ0n) is 18.3. The van der Waals surface area contributed by atoms with E-state index < -0.39 is 43.6 Å². The number of aromatic hydroxyl groups is 1. The van der Waals surface area contributed by atoms with Crippen molar-refractivity contribution in [1.29, 1.82) is 0 Å². The number of hydrogen-bond donors (Lipinski definition) is 8. The standard InChI is InChI=1S/C20H30N4O7/c1-19(2,3)13-7-11(8-14(18(13)25)20(4,5)6)21-17-15(23(28)29)9-12(22(26)27)10-16(17)24(30)31/h7-10,21-26,28,30H,1-6H3. The first-order valence-corrected chi connectivity index (χ1v) is 9.57. The Kier molecular flexibility index (Phi) is 6.97. The third-order valence-corrected chi connectivity index (χ3v) is 4.84. The minimum Gasteiger partial charge on any atom is -0.595 e. The van der Waals surface area contributed by atoms with Gasteiger partial charge < -0.3 is 26.0 Å². The molecule has 31 heavy (non-hydrogen) atoms. The molecule has 172 valence electrons. The van der Waals surface area contributed by atoms with Gasteiger partial charge in [-0.3, -0.25) is 0 Å². The second-order valence-electron chi connectivity index (χ2n) is 9.41. The monoisotopic (exact) mass is 438 g/mol. The summed E-state index contributed by atoms with van der Waals surface area (Å²) in [4.78, 5) is 0. The van der Waals surface area contributed by atoms with E-state index in [9.17, 15) is 36.4 Å². The average Bonchev–Trinajstić information content (AvgIpc) is 2.60. The molecule has 0 bridgehead atoms. The molecule has 11 nitrogen and oxygen atoms in total. The molecule has 0 aliphatic carbocycles. The zero-order chi connectivity index (χ0) is 23.9. The summed E-state index contributed by atoms with van der Waals surface area (Å²) in [6, 6.07) is 5.09. The van der Waals surface area contributed by atoms with Crippen LogP contribution in [0.4, 0.5) is 28.4 Å². The van der Waals surface area contributed by atoms with E-state index in [1.807, 2.05) is 41.5 Å². The highest BCUT2D eigenvalue weighted by atomic mass is 16.8. The van der Waals surface area contributed by atoms with Crippen molar-refractivity contribution in [1.82, 2.24) is 0 Å². The predicted molar refractivity (Wildman–Crippen MR) is 113 cm³/mol. The van der Waals surface area contributed by atoms with Gasteiger partial charge in [-0.15, -0.1) is 0 Å². The molecular weight excluding hydrogens is 408 g/mol. The molecule has 0 heterocycles. The molecule has 0 fully saturated rings. The molecule has 0 radical (unpaired) electrons. The average molecular weight is 438 g/mol. The minimum absolute atomic E-state index is 0.115. The number of phenols is 1. The van der Waals surface area contributed by atoms with E-state index >= 15 is 0 Å². The van der Waals surface area contributed by atoms with Crippen molar-refractivity contribution in [3.05, 3.63) is 51.0 Å². The lowest BCUT2D eigenvalue weighted by Gasteiger charge is -2.29. The largest absolute Gasteiger partial charge is 0.595 e. The summed E-state index contributed by atoms with van der Waals surface area (Å²) in [5.41, 5.74) is -1.01. The van der Waals surface area contributed by atoms with Crippen LogP contribution in [0, 0.1) is 15.6 Å². The van der Waals surface area contributed by atoms with Gasteiger partial charge in [0.2, 0.25) is 0 Å². The summed E-state index contributed by atoms with van der Waals surface area (Å²) in [6.45, 7) is 11.4. The minimum atomic E-state index is -1.47. The third-order valence-electron chi connectivity index (χ3n) is 4.84. The SMILES string of the molecule is CC(C)(C)c1cc(Nc2c([NH+]([O-])O)cc([NH+]([O-])O)cc2[NH+]([O-])O)cc(C(C)(C)C)c1O. The molecule has 0 amide bonds. The van der Waals surface area contributed by atoms with E-state index in [1.165, 1.54) is 0 Å². The van der Waals surface area contributed by atoms with Gasteiger partial charge in [0, 0.05) is 16.8 Å². The maximum Gasteiger partial charge on any atom is 0.200 e. The van der Waals surface area contributed by atoms with Crippen molar-refractivity contribution >= 4 is 28.4 Å². The number of hydrogen-bond acceptors (Lipinski definition) is 8. The van der Waals surface area contributed by atoms with Gasteiger partial charge in [0.1, 0.15) is 5.75 Å². The molecule has 3 atom stereocenters. The van der Waals surface area contributed by atoms with Crippen LogP contribution in [0.3, 0.4) is 0 Å². The number of nitrogens with one attached hydrogen (secondary N) is 4. The Balaban J connectivity index is 2.78. The van der Waals surface area contributed by atoms with Gasteiger partial charge in [-0.2, -0.15) is 15.7 Å². The molecule has 0 saturated carbocycles. The van der Waals surface area contributed by atoms with Gasteiger partial charge in [0.15, 0.2) is 22.7 Å². The maximum absolute atomic E-state index is 11.8. The van der Waals surface area contributed by atoms with Crippen LogP contribution in [0.2, 0.25) is 0 Å². The summed E-state index contributed by atoms with van der Waals surface area (Å²) in [7, 11) is 0. The number of anilines is 2. The van der Waals surface area contributed by atoms with Crippen molar-refractivity contribution in [2.45, 2.75) is 52.4 Å². The van der Waals surface area contributed by atoms with Crippen LogP contribution in [0.25, 0.3) is 0 Å². The maximum atomic E-state index is 11.8. The van der Waals surface area contributed by atoms with Crippen molar-refractivity contribution in [2.75, 3.05) is 5.32 Å². The highest BCUT2D eigenvalue weighted by Gasteiger charge is 2.29. The molecule has 0 aromatic heterocycles. The van der Waals surface area contributed by atoms with Crippen LogP contribution in [0.1, 0.15) is 52.7 Å². The van der Waals surface area contributed by atoms with E-state index in [0.717, 1.165) is 12.1 Å². The molecule has 2 aromatic carbocycles. The van der Waals surface area contributed by atoms with Crippen LogP contribution in [0.5, 0.6) is 5.75 Å². The normalized spacial score (nSPS) is 15.5. The second-order valence-corrected chi connectivity index (χ2v) is 9.41. The number of phenolic OH excluding ortho intramolecular Hbond substituents is 1. The van der Waals surface area contributed by atoms with E-state index in [0.29, 0.717) is 16.8 Å². The van der Waals surface area contributed by atoms with Gasteiger partial charge in [-0.25, -0.2) is 15.6 Å². The molecule has 2 aromatic rings. The van der Waals surface area contributed by atoms with E-state index in [1.54, 1.807) is 12.1 Å². The van der Waals surface area contributed by atoms with Gasteiger partial charge in [-0.05, 0) is 23.0 Å². The summed E-state index contributed by atoms with van der Waals surface area (Å²) in [5, 5.41) is 72.7. The number of rotatable bonds is 5. The Labute approximate surface area is 180 Å². The molecule has 8 N–H and O–H groups in total. The third kappa shape index (κ3) is 5.49. The molecule has 0 aliphatic rings. The van der Waals surface area contributed by atoms with Crippen LogP contribution < -0.4 is 21.0 Å². The number of quaternary nitrogens is 3. The van der Waals surface area contributed by atoms with Gasteiger partial charge in [0.25, 0.3) is 0 Å². The Morgan fingerprint density at radius 3 is 1.39 bits per heavy atom. The Hall–Kier alpha value is -2.32. The van der Waals surface area contributed by atoms with E-state index in [-0.39, 0.29) is 11.4 Å². The summed E-state index contributed by atoms with van der Waals surface area (Å²) in [5.74, 6) is 0.115. The van der Waals surface area contributed by atoms with Crippen molar-refractivity contribution in [3.63, 3.8) is 0 Å². The van der Waals surface area contributed by atoms with E-state index in [2.05, 4.69) is 5.32 Å². The Morgan fingerprint density at radius 1 is 0.710 bits per heavy atom. The fraction of sp³-hybridized carbons (Fsp3) is 0.400. The lowest BCUT2D eigenvalue weighted by Crippen LogP contribution is -3.02. The predicted octanol–water partition coefficient (Wildman–Crippen LogP) is 0.941. The van der Waals surface area contributed by atoms with Gasteiger partial charge in [-0.1, -0.05) is 41.5 Å². The van der Waals surface area contributed by atoms with E-state index in [4.69, 9.17) is 0 Å². The first-order valence-electron chi connectivity index (χ1n) is 9.57. The van der Waals surface area contributed by atoms with Gasteiger partial charge >= 0.3 is 0 Å². The van der Waals surface area contributed by atoms with Crippen LogP contribution in [0.15, 0.2) is 24.3 Å². The van der Waals surface area contributed by atoms with Crippen molar-refractivity contribution < 1.29 is 36.4 Å². The first-order chi connectivity index (χ1) is 14.0. The van der Waals surface area contributed by atoms with Crippen LogP contribution >= 0.6 is 0 Å². The highest BCUT2D eigenvalue weighted by molar-refractivity contribution is 5.81. The summed E-state index contributed by atoms with van der Waals surface area (Å²) < 4.78 is 0. The smallest absolute Gasteiger partial charge is 0.200 e. The second kappa shape index (κ2) is 8.67. The topological polar surface area (TPSA) is 175 Å². The molecule has 0 saturated heterocycles. The highest BCUT2D eigenvalue weighted by Crippen LogP contribution is 2.42. The molecule has 2 rings (SSSR count). The van der Waals surface area contributed by atoms with Crippen molar-refractivity contribution in [2.24, 2.45) is 0 Å². The van der Waals surface area contributed by atoms with Crippen LogP contribution in [-0.2, 0) is 10.8 Å². The van der Waals surface area contributed by atoms with Gasteiger partial charge in [0.05, 0.1) is 12.1 Å². The molecule has 0 aliphatic heterocycles. The lowest BCUT2D eigenvalue weighted by molar-refractivity contribution is -1.00. The quantitative estimate of drug-likeness (QED) is 0.251. The fourth-order valence-corrected chi connectivity index (χ4v) is 3.23. The fourth-order valence-electron chi connectivity index (χ4n) is 3.23. The van der Waals surface area contributed by atoms with Crippen LogP contribution in [-0.4, -0.2) is 20.7 Å². The molecule has 0 spiro atoms. The summed E-state index contributed by atoms with van der Waals surface area (Å²) >= 11 is 0. The Morgan fingerprint density at radius 2 is 1.10 bits per heavy atom. The lowest BCUT2D eigenvalue weighted by atomic mass is 9.79.